The van der Waals surface area contributed by atoms with E-state index >= 15 is 0 Å². The lowest BCUT2D eigenvalue weighted by molar-refractivity contribution is -0.121. The van der Waals surface area contributed by atoms with E-state index in [1.165, 1.54) is 0 Å². The van der Waals surface area contributed by atoms with Crippen molar-refractivity contribution in [1.29, 1.82) is 0 Å². The summed E-state index contributed by atoms with van der Waals surface area (Å²) < 4.78 is 0. The van der Waals surface area contributed by atoms with Gasteiger partial charge >= 0.3 is 0 Å². The highest BCUT2D eigenvalue weighted by Gasteiger charge is 2.19. The minimum absolute atomic E-state index is 0.0184. The molecule has 1 atom stereocenters. The third-order valence-electron chi connectivity index (χ3n) is 4.48. The Hall–Kier alpha value is -2.66. The van der Waals surface area contributed by atoms with Crippen LogP contribution in [0.5, 0.6) is 0 Å². The molecule has 2 aromatic carbocycles. The minimum atomic E-state index is -0.317. The Labute approximate surface area is 147 Å². The number of rotatable bonds is 6. The Morgan fingerprint density at radius 1 is 1.28 bits per heavy atom. The maximum atomic E-state index is 12.3. The van der Waals surface area contributed by atoms with Crippen molar-refractivity contribution in [3.05, 3.63) is 64.7 Å². The number of amides is 2. The lowest BCUT2D eigenvalue weighted by Crippen LogP contribution is -2.40. The summed E-state index contributed by atoms with van der Waals surface area (Å²) in [5.74, 6) is -0.160. The number of aliphatic hydroxyl groups is 1. The molecule has 2 aromatic rings. The van der Waals surface area contributed by atoms with E-state index in [1.54, 1.807) is 0 Å². The highest BCUT2D eigenvalue weighted by molar-refractivity contribution is 5.99. The normalized spacial score (nSPS) is 13.9. The van der Waals surface area contributed by atoms with E-state index in [4.69, 9.17) is 0 Å². The summed E-state index contributed by atoms with van der Waals surface area (Å²) in [4.78, 5) is 23.7. The number of nitrogens with one attached hydrogen (secondary N) is 2. The predicted molar refractivity (Wildman–Crippen MR) is 96.4 cm³/mol. The van der Waals surface area contributed by atoms with Crippen molar-refractivity contribution in [2.75, 3.05) is 11.9 Å². The highest BCUT2D eigenvalue weighted by atomic mass is 16.3. The molecule has 25 heavy (non-hydrogen) atoms. The van der Waals surface area contributed by atoms with Gasteiger partial charge in [0.2, 0.25) is 11.8 Å². The first kappa shape index (κ1) is 17.2. The van der Waals surface area contributed by atoms with E-state index < -0.39 is 0 Å². The van der Waals surface area contributed by atoms with Crippen molar-refractivity contribution in [2.45, 2.75) is 32.2 Å². The maximum Gasteiger partial charge on any atom is 0.228 e. The van der Waals surface area contributed by atoms with Crippen molar-refractivity contribution in [3.8, 4) is 0 Å². The smallest absolute Gasteiger partial charge is 0.228 e. The number of benzene rings is 2. The van der Waals surface area contributed by atoms with Gasteiger partial charge in [-0.2, -0.15) is 0 Å². The van der Waals surface area contributed by atoms with E-state index in [-0.39, 0.29) is 30.9 Å². The van der Waals surface area contributed by atoms with Gasteiger partial charge in [-0.15, -0.1) is 0 Å². The molecule has 0 aromatic heterocycles. The van der Waals surface area contributed by atoms with Crippen LogP contribution >= 0.6 is 0 Å². The van der Waals surface area contributed by atoms with Gasteiger partial charge in [0, 0.05) is 5.69 Å². The van der Waals surface area contributed by atoms with E-state index in [2.05, 4.69) is 10.6 Å². The molecule has 1 heterocycles. The number of carbonyl (C=O) groups excluding carboxylic acids is 2. The molecule has 0 saturated carbocycles. The van der Waals surface area contributed by atoms with Crippen LogP contribution in [0.2, 0.25) is 0 Å². The number of aliphatic hydroxyl groups excluding tert-OH is 1. The first-order valence-corrected chi connectivity index (χ1v) is 8.41. The second-order valence-electron chi connectivity index (χ2n) is 6.47. The van der Waals surface area contributed by atoms with Crippen LogP contribution in [-0.4, -0.2) is 29.6 Å². The van der Waals surface area contributed by atoms with Gasteiger partial charge in [-0.3, -0.25) is 9.59 Å². The van der Waals surface area contributed by atoms with Crippen LogP contribution in [0.4, 0.5) is 5.69 Å². The Kier molecular flexibility index (Phi) is 5.14. The summed E-state index contributed by atoms with van der Waals surface area (Å²) in [5, 5.41) is 15.3. The SMILES string of the molecule is Cc1ccccc1C[C@@H](CO)NC(=O)Cc1ccc2c(c1)NC(=O)C2. The zero-order valence-electron chi connectivity index (χ0n) is 14.2. The van der Waals surface area contributed by atoms with Crippen molar-refractivity contribution < 1.29 is 14.7 Å². The summed E-state index contributed by atoms with van der Waals surface area (Å²) in [6.07, 6.45) is 1.20. The van der Waals surface area contributed by atoms with Crippen LogP contribution in [0.15, 0.2) is 42.5 Å². The monoisotopic (exact) mass is 338 g/mol. The van der Waals surface area contributed by atoms with Gasteiger partial charge in [-0.1, -0.05) is 36.4 Å². The van der Waals surface area contributed by atoms with Crippen molar-refractivity contribution in [1.82, 2.24) is 5.32 Å². The summed E-state index contributed by atoms with van der Waals surface area (Å²) in [6, 6.07) is 13.2. The van der Waals surface area contributed by atoms with E-state index in [9.17, 15) is 14.7 Å². The highest BCUT2D eigenvalue weighted by Crippen LogP contribution is 2.24. The molecular weight excluding hydrogens is 316 g/mol. The van der Waals surface area contributed by atoms with Crippen LogP contribution in [0.25, 0.3) is 0 Å². The van der Waals surface area contributed by atoms with Gasteiger partial charge in [0.05, 0.1) is 25.5 Å². The van der Waals surface area contributed by atoms with Crippen LogP contribution in [0, 0.1) is 6.92 Å². The zero-order chi connectivity index (χ0) is 17.8. The van der Waals surface area contributed by atoms with Gasteiger partial charge in [0.15, 0.2) is 0 Å². The Morgan fingerprint density at radius 3 is 2.84 bits per heavy atom. The fraction of sp³-hybridized carbons (Fsp3) is 0.300. The molecule has 5 heteroatoms. The molecule has 0 unspecified atom stereocenters. The minimum Gasteiger partial charge on any atom is -0.394 e. The molecule has 3 rings (SSSR count). The summed E-state index contributed by atoms with van der Waals surface area (Å²) in [7, 11) is 0. The summed E-state index contributed by atoms with van der Waals surface area (Å²) >= 11 is 0. The molecule has 5 nitrogen and oxygen atoms in total. The third-order valence-corrected chi connectivity index (χ3v) is 4.48. The summed E-state index contributed by atoms with van der Waals surface area (Å²) in [6.45, 7) is 1.91. The summed E-state index contributed by atoms with van der Waals surface area (Å²) in [5.41, 5.74) is 4.84. The van der Waals surface area contributed by atoms with Crippen molar-refractivity contribution in [2.24, 2.45) is 0 Å². The average Bonchev–Trinajstić information content (AvgIpc) is 2.95. The average molecular weight is 338 g/mol. The van der Waals surface area contributed by atoms with Crippen LogP contribution in [-0.2, 0) is 28.9 Å². The van der Waals surface area contributed by atoms with E-state index in [0.29, 0.717) is 12.8 Å². The number of fused-ring (bicyclic) bond motifs is 1. The zero-order valence-corrected chi connectivity index (χ0v) is 14.2. The Balaban J connectivity index is 1.60. The third kappa shape index (κ3) is 4.25. The molecule has 0 bridgehead atoms. The molecular formula is C20H22N2O3. The molecule has 0 spiro atoms. The number of hydrogen-bond donors (Lipinski definition) is 3. The number of anilines is 1. The fourth-order valence-electron chi connectivity index (χ4n) is 3.10. The molecule has 130 valence electrons. The molecule has 0 fully saturated rings. The standard InChI is InChI=1S/C20H22N2O3/c1-13-4-2-3-5-15(13)10-17(12-23)21-19(24)9-14-6-7-16-11-20(25)22-18(16)8-14/h2-8,17,23H,9-12H2,1H3,(H,21,24)(H,22,25)/t17-/m0/s1. The van der Waals surface area contributed by atoms with Gasteiger partial charge < -0.3 is 15.7 Å². The number of hydrogen-bond acceptors (Lipinski definition) is 3. The second-order valence-corrected chi connectivity index (χ2v) is 6.47. The molecule has 1 aliphatic heterocycles. The molecule has 3 N–H and O–H groups in total. The molecule has 2 amide bonds. The number of carbonyl (C=O) groups is 2. The number of aryl methyl sites for hydroxylation is 1. The Bertz CT molecular complexity index is 801. The van der Waals surface area contributed by atoms with E-state index in [1.807, 2.05) is 49.4 Å². The second kappa shape index (κ2) is 7.49. The fourth-order valence-corrected chi connectivity index (χ4v) is 3.10. The van der Waals surface area contributed by atoms with Gasteiger partial charge in [0.25, 0.3) is 0 Å². The molecule has 0 aliphatic carbocycles. The largest absolute Gasteiger partial charge is 0.394 e. The Morgan fingerprint density at radius 2 is 2.08 bits per heavy atom. The van der Waals surface area contributed by atoms with Crippen LogP contribution < -0.4 is 10.6 Å². The predicted octanol–water partition coefficient (Wildman–Crippen LogP) is 1.75. The quantitative estimate of drug-likeness (QED) is 0.751. The first-order chi connectivity index (χ1) is 12.0. The molecule has 0 radical (unpaired) electrons. The van der Waals surface area contributed by atoms with Crippen LogP contribution in [0.3, 0.4) is 0 Å². The first-order valence-electron chi connectivity index (χ1n) is 8.41. The van der Waals surface area contributed by atoms with Crippen LogP contribution in [0.1, 0.15) is 22.3 Å². The van der Waals surface area contributed by atoms with Crippen molar-refractivity contribution >= 4 is 17.5 Å². The van der Waals surface area contributed by atoms with Gasteiger partial charge in [-0.05, 0) is 41.7 Å². The maximum absolute atomic E-state index is 12.3. The topological polar surface area (TPSA) is 78.4 Å². The lowest BCUT2D eigenvalue weighted by atomic mass is 10.0. The lowest BCUT2D eigenvalue weighted by Gasteiger charge is -2.18. The molecule has 0 saturated heterocycles. The van der Waals surface area contributed by atoms with E-state index in [0.717, 1.165) is 27.9 Å². The molecule has 1 aliphatic rings. The van der Waals surface area contributed by atoms with Gasteiger partial charge in [0.1, 0.15) is 0 Å². The van der Waals surface area contributed by atoms with Crippen molar-refractivity contribution in [3.63, 3.8) is 0 Å². The van der Waals surface area contributed by atoms with Gasteiger partial charge in [-0.25, -0.2) is 0 Å².